The molecule has 0 saturated carbocycles. The predicted molar refractivity (Wildman–Crippen MR) is 108 cm³/mol. The van der Waals surface area contributed by atoms with Crippen molar-refractivity contribution in [3.8, 4) is 22.7 Å². The van der Waals surface area contributed by atoms with Crippen molar-refractivity contribution in [2.45, 2.75) is 31.2 Å². The minimum absolute atomic E-state index is 0.132. The maximum absolute atomic E-state index is 12.4. The molecule has 0 spiro atoms. The number of thioether (sulfide) groups is 1. The van der Waals surface area contributed by atoms with Crippen LogP contribution in [0.5, 0.6) is 5.75 Å². The molecule has 1 aromatic heterocycles. The van der Waals surface area contributed by atoms with Gasteiger partial charge in [-0.1, -0.05) is 30.1 Å². The van der Waals surface area contributed by atoms with Gasteiger partial charge in [-0.15, -0.1) is 0 Å². The maximum Gasteiger partial charge on any atom is 0.387 e. The van der Waals surface area contributed by atoms with E-state index in [-0.39, 0.29) is 5.75 Å². The molecule has 0 aliphatic carbocycles. The van der Waals surface area contributed by atoms with Gasteiger partial charge in [0.2, 0.25) is 0 Å². The zero-order valence-corrected chi connectivity index (χ0v) is 17.2. The predicted octanol–water partition coefficient (Wildman–Crippen LogP) is 6.40. The van der Waals surface area contributed by atoms with Crippen molar-refractivity contribution in [2.75, 3.05) is 5.75 Å². The Hall–Kier alpha value is -1.76. The number of aromatic nitrogens is 2. The van der Waals surface area contributed by atoms with E-state index in [1.54, 1.807) is 42.1 Å². The van der Waals surface area contributed by atoms with Crippen LogP contribution in [0, 0.1) is 0 Å². The van der Waals surface area contributed by atoms with Gasteiger partial charge in [0.05, 0.1) is 10.0 Å². The lowest BCUT2D eigenvalue weighted by Crippen LogP contribution is -2.36. The topological polar surface area (TPSA) is 18.0 Å². The van der Waals surface area contributed by atoms with E-state index in [2.05, 4.69) is 27.0 Å². The highest BCUT2D eigenvalue weighted by Crippen LogP contribution is 2.37. The smallest absolute Gasteiger partial charge is 0.387 e. The van der Waals surface area contributed by atoms with E-state index < -0.39 is 6.61 Å². The summed E-state index contributed by atoms with van der Waals surface area (Å²) in [5.74, 6) is 1.14. The van der Waals surface area contributed by atoms with Gasteiger partial charge < -0.3 is 4.74 Å². The third kappa shape index (κ3) is 3.61. The summed E-state index contributed by atoms with van der Waals surface area (Å²) >= 11 is 14.1. The average Bonchev–Trinajstić information content (AvgIpc) is 3.23. The van der Waals surface area contributed by atoms with E-state index in [1.807, 2.05) is 12.1 Å². The highest BCUT2D eigenvalue weighted by Gasteiger charge is 2.36. The third-order valence-electron chi connectivity index (χ3n) is 4.72. The highest BCUT2D eigenvalue weighted by atomic mass is 35.5. The number of halogens is 4. The van der Waals surface area contributed by atoms with Crippen LogP contribution in [0.3, 0.4) is 0 Å². The first-order valence-electron chi connectivity index (χ1n) is 8.78. The molecule has 0 fully saturated rings. The van der Waals surface area contributed by atoms with Crippen LogP contribution in [0.1, 0.15) is 19.4 Å². The van der Waals surface area contributed by atoms with Crippen LogP contribution >= 0.6 is 35.0 Å². The van der Waals surface area contributed by atoms with Crippen LogP contribution in [0.2, 0.25) is 10.0 Å². The fourth-order valence-corrected chi connectivity index (χ4v) is 5.03. The lowest BCUT2D eigenvalue weighted by Gasteiger charge is -2.07. The summed E-state index contributed by atoms with van der Waals surface area (Å²) in [6.07, 6.45) is 3.13. The number of benzene rings is 2. The quantitative estimate of drug-likeness (QED) is 0.426. The second-order valence-corrected chi connectivity index (χ2v) is 8.22. The molecule has 3 aromatic rings. The Morgan fingerprint density at radius 2 is 1.93 bits per heavy atom. The summed E-state index contributed by atoms with van der Waals surface area (Å²) in [4.78, 5) is 0. The fraction of sp³-hybridized carbons (Fsp3) is 0.250. The summed E-state index contributed by atoms with van der Waals surface area (Å²) in [7, 11) is 0. The Balaban J connectivity index is 1.84. The first kappa shape index (κ1) is 19.6. The average molecular weight is 442 g/mol. The first-order valence-corrected chi connectivity index (χ1v) is 10.5. The molecule has 2 aromatic carbocycles. The van der Waals surface area contributed by atoms with Crippen molar-refractivity contribution in [1.29, 1.82) is 0 Å². The molecule has 146 valence electrons. The van der Waals surface area contributed by atoms with Gasteiger partial charge in [-0.05, 0) is 54.6 Å². The zero-order chi connectivity index (χ0) is 19.8. The summed E-state index contributed by atoms with van der Waals surface area (Å²) in [6.45, 7) is -0.674. The molecular formula is C20H17Cl2F2N2OS+. The SMILES string of the molecule is CC[C@H]1CSc2n(-c3ccc(Cl)c(Cl)c3)c(-c3ccc(OC(F)F)cc3)c[n+]21. The van der Waals surface area contributed by atoms with E-state index in [0.717, 1.165) is 34.3 Å². The van der Waals surface area contributed by atoms with Gasteiger partial charge in [-0.2, -0.15) is 13.3 Å². The standard InChI is InChI=1S/C20H17Cl2F2N2OS/c1-2-13-11-28-20-25(13)10-18(12-3-6-15(7-4-12)27-19(23)24)26(20)14-5-8-16(21)17(22)9-14/h3-10,13,19H,2,11H2,1H3/q+1/t13-/m0/s1. The molecule has 3 nitrogen and oxygen atoms in total. The van der Waals surface area contributed by atoms with E-state index in [0.29, 0.717) is 16.1 Å². The summed E-state index contributed by atoms with van der Waals surface area (Å²) in [5, 5.41) is 2.08. The second kappa shape index (κ2) is 7.93. The lowest BCUT2D eigenvalue weighted by atomic mass is 10.1. The van der Waals surface area contributed by atoms with Crippen LogP contribution < -0.4 is 9.30 Å². The van der Waals surface area contributed by atoms with E-state index >= 15 is 0 Å². The van der Waals surface area contributed by atoms with Gasteiger partial charge in [0.1, 0.15) is 23.7 Å². The molecule has 0 saturated heterocycles. The van der Waals surface area contributed by atoms with Crippen molar-refractivity contribution in [3.05, 3.63) is 58.7 Å². The van der Waals surface area contributed by atoms with Gasteiger partial charge in [0.25, 0.3) is 0 Å². The van der Waals surface area contributed by atoms with Crippen LogP contribution in [-0.2, 0) is 0 Å². The molecule has 8 heteroatoms. The molecule has 28 heavy (non-hydrogen) atoms. The number of imidazole rings is 1. The molecular weight excluding hydrogens is 425 g/mol. The Morgan fingerprint density at radius 3 is 2.57 bits per heavy atom. The van der Waals surface area contributed by atoms with E-state index in [4.69, 9.17) is 23.2 Å². The molecule has 0 unspecified atom stereocenters. The van der Waals surface area contributed by atoms with Crippen molar-refractivity contribution >= 4 is 35.0 Å². The number of hydrogen-bond donors (Lipinski definition) is 0. The largest absolute Gasteiger partial charge is 0.435 e. The zero-order valence-electron chi connectivity index (χ0n) is 14.9. The van der Waals surface area contributed by atoms with Crippen LogP contribution in [0.15, 0.2) is 53.8 Å². The Bertz CT molecular complexity index is 1010. The monoisotopic (exact) mass is 441 g/mol. The summed E-state index contributed by atoms with van der Waals surface area (Å²) in [6, 6.07) is 12.6. The van der Waals surface area contributed by atoms with Crippen molar-refractivity contribution in [3.63, 3.8) is 0 Å². The van der Waals surface area contributed by atoms with Crippen molar-refractivity contribution in [1.82, 2.24) is 4.57 Å². The summed E-state index contributed by atoms with van der Waals surface area (Å²) in [5.41, 5.74) is 2.74. The number of rotatable bonds is 5. The van der Waals surface area contributed by atoms with Crippen LogP contribution in [0.4, 0.5) is 8.78 Å². The number of ether oxygens (including phenoxy) is 1. The molecule has 1 atom stereocenters. The normalized spacial score (nSPS) is 15.9. The van der Waals surface area contributed by atoms with Gasteiger partial charge in [-0.25, -0.2) is 4.57 Å². The minimum Gasteiger partial charge on any atom is -0.435 e. The molecule has 4 rings (SSSR count). The van der Waals surface area contributed by atoms with Crippen LogP contribution in [0.25, 0.3) is 16.9 Å². The third-order valence-corrected chi connectivity index (χ3v) is 6.66. The Morgan fingerprint density at radius 1 is 1.18 bits per heavy atom. The van der Waals surface area contributed by atoms with Crippen LogP contribution in [-0.4, -0.2) is 16.9 Å². The first-order chi connectivity index (χ1) is 13.5. The Kier molecular flexibility index (Phi) is 5.54. The van der Waals surface area contributed by atoms with Gasteiger partial charge >= 0.3 is 11.8 Å². The number of hydrogen-bond acceptors (Lipinski definition) is 2. The number of nitrogens with zero attached hydrogens (tertiary/aromatic N) is 2. The Labute approximate surface area is 175 Å². The molecule has 1 aliphatic rings. The summed E-state index contributed by atoms with van der Waals surface area (Å²) < 4.78 is 33.7. The minimum atomic E-state index is -2.84. The number of fused-ring (bicyclic) bond motifs is 1. The van der Waals surface area contributed by atoms with Crippen molar-refractivity contribution < 1.29 is 18.1 Å². The number of alkyl halides is 2. The lowest BCUT2D eigenvalue weighted by molar-refractivity contribution is -0.747. The maximum atomic E-state index is 12.4. The van der Waals surface area contributed by atoms with E-state index in [1.165, 1.54) is 0 Å². The van der Waals surface area contributed by atoms with Gasteiger partial charge in [0, 0.05) is 17.4 Å². The fourth-order valence-electron chi connectivity index (χ4n) is 3.31. The molecule has 0 amide bonds. The molecule has 0 N–H and O–H groups in total. The molecule has 2 heterocycles. The second-order valence-electron chi connectivity index (χ2n) is 6.41. The highest BCUT2D eigenvalue weighted by molar-refractivity contribution is 7.99. The van der Waals surface area contributed by atoms with E-state index in [9.17, 15) is 8.78 Å². The van der Waals surface area contributed by atoms with Gasteiger partial charge in [-0.3, -0.25) is 0 Å². The molecule has 0 radical (unpaired) electrons. The van der Waals surface area contributed by atoms with Crippen molar-refractivity contribution in [2.24, 2.45) is 0 Å². The molecule has 0 bridgehead atoms. The molecule has 1 aliphatic heterocycles. The van der Waals surface area contributed by atoms with Gasteiger partial charge in [0.15, 0.2) is 5.69 Å².